The van der Waals surface area contributed by atoms with Gasteiger partial charge in [-0.05, 0) is 14.0 Å². The zero-order valence-electron chi connectivity index (χ0n) is 8.09. The largest absolute Gasteiger partial charge is 0.444 e. The average molecular weight is 168 g/mol. The molecule has 68 valence electrons. The maximum absolute atomic E-state index is 5.52. The molecule has 0 aromatic carbocycles. The molecule has 1 aromatic rings. The molecule has 0 spiro atoms. The summed E-state index contributed by atoms with van der Waals surface area (Å²) < 4.78 is 5.52. The van der Waals surface area contributed by atoms with Crippen LogP contribution in [0.1, 0.15) is 44.4 Å². The maximum Gasteiger partial charge on any atom is 0.211 e. The van der Waals surface area contributed by atoms with Crippen LogP contribution in [0.15, 0.2) is 10.6 Å². The summed E-state index contributed by atoms with van der Waals surface area (Å²) in [4.78, 5) is 4.18. The van der Waals surface area contributed by atoms with E-state index < -0.39 is 0 Å². The lowest BCUT2D eigenvalue weighted by Gasteiger charge is -2.04. The van der Waals surface area contributed by atoms with Crippen molar-refractivity contribution in [2.75, 3.05) is 7.05 Å². The van der Waals surface area contributed by atoms with Crippen LogP contribution in [-0.2, 0) is 0 Å². The highest BCUT2D eigenvalue weighted by molar-refractivity contribution is 5.00. The van der Waals surface area contributed by atoms with Crippen molar-refractivity contribution >= 4 is 0 Å². The number of oxazole rings is 1. The minimum Gasteiger partial charge on any atom is -0.444 e. The fraction of sp³-hybridized carbons (Fsp3) is 0.667. The van der Waals surface area contributed by atoms with Crippen LogP contribution in [0.4, 0.5) is 0 Å². The molecule has 0 saturated carbocycles. The zero-order chi connectivity index (χ0) is 9.14. The Morgan fingerprint density at radius 2 is 2.08 bits per heavy atom. The summed E-state index contributed by atoms with van der Waals surface area (Å²) in [5.74, 6) is 2.13. The molecule has 3 heteroatoms. The van der Waals surface area contributed by atoms with Gasteiger partial charge in [0.1, 0.15) is 5.76 Å². The van der Waals surface area contributed by atoms with Gasteiger partial charge in [0.15, 0.2) is 0 Å². The summed E-state index contributed by atoms with van der Waals surface area (Å²) in [6, 6.07) is 0.192. The lowest BCUT2D eigenvalue weighted by atomic mass is 10.2. The van der Waals surface area contributed by atoms with Crippen molar-refractivity contribution in [1.29, 1.82) is 0 Å². The molecule has 0 amide bonds. The van der Waals surface area contributed by atoms with Gasteiger partial charge in [-0.1, -0.05) is 13.8 Å². The van der Waals surface area contributed by atoms with Crippen molar-refractivity contribution < 1.29 is 4.42 Å². The predicted octanol–water partition coefficient (Wildman–Crippen LogP) is 2.08. The average Bonchev–Trinajstić information content (AvgIpc) is 2.51. The molecule has 0 aliphatic carbocycles. The molecular weight excluding hydrogens is 152 g/mol. The summed E-state index contributed by atoms with van der Waals surface area (Å²) >= 11 is 0. The highest BCUT2D eigenvalue weighted by Gasteiger charge is 2.11. The minimum absolute atomic E-state index is 0.192. The van der Waals surface area contributed by atoms with E-state index in [0.29, 0.717) is 5.92 Å². The van der Waals surface area contributed by atoms with E-state index in [4.69, 9.17) is 4.42 Å². The Balaban J connectivity index is 2.77. The van der Waals surface area contributed by atoms with E-state index in [1.165, 1.54) is 0 Å². The Labute approximate surface area is 73.2 Å². The second kappa shape index (κ2) is 3.72. The van der Waals surface area contributed by atoms with E-state index in [1.54, 1.807) is 6.20 Å². The van der Waals surface area contributed by atoms with Crippen molar-refractivity contribution in [1.82, 2.24) is 10.3 Å². The van der Waals surface area contributed by atoms with Crippen molar-refractivity contribution in [2.24, 2.45) is 0 Å². The smallest absolute Gasteiger partial charge is 0.211 e. The Hall–Kier alpha value is -0.830. The van der Waals surface area contributed by atoms with E-state index in [2.05, 4.69) is 24.1 Å². The summed E-state index contributed by atoms with van der Waals surface area (Å²) in [5.41, 5.74) is 0. The Bertz CT molecular complexity index is 242. The monoisotopic (exact) mass is 168 g/mol. The molecule has 1 heterocycles. The van der Waals surface area contributed by atoms with Gasteiger partial charge < -0.3 is 9.73 Å². The first-order chi connectivity index (χ1) is 5.65. The van der Waals surface area contributed by atoms with Gasteiger partial charge in [-0.25, -0.2) is 4.98 Å². The molecule has 1 unspecified atom stereocenters. The summed E-state index contributed by atoms with van der Waals surface area (Å²) in [7, 11) is 1.89. The molecule has 0 aliphatic rings. The number of hydrogen-bond donors (Lipinski definition) is 1. The first kappa shape index (κ1) is 9.26. The second-order valence-electron chi connectivity index (χ2n) is 3.27. The molecule has 0 radical (unpaired) electrons. The van der Waals surface area contributed by atoms with Gasteiger partial charge in [-0.3, -0.25) is 0 Å². The van der Waals surface area contributed by atoms with Crippen LogP contribution in [0.2, 0.25) is 0 Å². The first-order valence-corrected chi connectivity index (χ1v) is 4.28. The molecular formula is C9H16N2O. The molecule has 1 rings (SSSR count). The van der Waals surface area contributed by atoms with E-state index in [-0.39, 0.29) is 6.04 Å². The molecule has 0 saturated heterocycles. The fourth-order valence-corrected chi connectivity index (χ4v) is 0.891. The summed E-state index contributed by atoms with van der Waals surface area (Å²) in [5, 5.41) is 3.08. The van der Waals surface area contributed by atoms with Crippen molar-refractivity contribution in [3.8, 4) is 0 Å². The minimum atomic E-state index is 0.192. The third-order valence-corrected chi connectivity index (χ3v) is 1.91. The van der Waals surface area contributed by atoms with Gasteiger partial charge in [0.2, 0.25) is 5.89 Å². The van der Waals surface area contributed by atoms with E-state index in [0.717, 1.165) is 11.7 Å². The van der Waals surface area contributed by atoms with E-state index in [9.17, 15) is 0 Å². The molecule has 12 heavy (non-hydrogen) atoms. The standard InChI is InChI=1S/C9H16N2O/c1-6(2)8-5-11-9(12-8)7(3)10-4/h5-7,10H,1-4H3. The highest BCUT2D eigenvalue weighted by atomic mass is 16.4. The number of aromatic nitrogens is 1. The van der Waals surface area contributed by atoms with Gasteiger partial charge in [0.05, 0.1) is 12.2 Å². The topological polar surface area (TPSA) is 38.1 Å². The molecule has 1 N–H and O–H groups in total. The normalized spacial score (nSPS) is 13.8. The van der Waals surface area contributed by atoms with Crippen LogP contribution < -0.4 is 5.32 Å². The van der Waals surface area contributed by atoms with Crippen LogP contribution in [0.3, 0.4) is 0 Å². The van der Waals surface area contributed by atoms with Crippen LogP contribution in [0.5, 0.6) is 0 Å². The summed E-state index contributed by atoms with van der Waals surface area (Å²) in [6.07, 6.45) is 1.80. The maximum atomic E-state index is 5.52. The molecule has 1 atom stereocenters. The van der Waals surface area contributed by atoms with Crippen molar-refractivity contribution in [3.63, 3.8) is 0 Å². The van der Waals surface area contributed by atoms with Crippen molar-refractivity contribution in [2.45, 2.75) is 32.7 Å². The second-order valence-corrected chi connectivity index (χ2v) is 3.27. The van der Waals surface area contributed by atoms with Gasteiger partial charge in [0, 0.05) is 5.92 Å². The van der Waals surface area contributed by atoms with Gasteiger partial charge in [-0.15, -0.1) is 0 Å². The van der Waals surface area contributed by atoms with E-state index in [1.807, 2.05) is 14.0 Å². The number of rotatable bonds is 3. The highest BCUT2D eigenvalue weighted by Crippen LogP contribution is 2.18. The third-order valence-electron chi connectivity index (χ3n) is 1.91. The third kappa shape index (κ3) is 1.85. The quantitative estimate of drug-likeness (QED) is 0.750. The lowest BCUT2D eigenvalue weighted by Crippen LogP contribution is -2.12. The Morgan fingerprint density at radius 3 is 2.50 bits per heavy atom. The van der Waals surface area contributed by atoms with E-state index >= 15 is 0 Å². The molecule has 0 bridgehead atoms. The number of nitrogens with zero attached hydrogens (tertiary/aromatic N) is 1. The van der Waals surface area contributed by atoms with Crippen LogP contribution in [-0.4, -0.2) is 12.0 Å². The lowest BCUT2D eigenvalue weighted by molar-refractivity contribution is 0.397. The molecule has 1 aromatic heterocycles. The van der Waals surface area contributed by atoms with Gasteiger partial charge in [0.25, 0.3) is 0 Å². The van der Waals surface area contributed by atoms with Crippen molar-refractivity contribution in [3.05, 3.63) is 17.8 Å². The van der Waals surface area contributed by atoms with Crippen LogP contribution in [0.25, 0.3) is 0 Å². The number of hydrogen-bond acceptors (Lipinski definition) is 3. The first-order valence-electron chi connectivity index (χ1n) is 4.28. The van der Waals surface area contributed by atoms with Gasteiger partial charge >= 0.3 is 0 Å². The van der Waals surface area contributed by atoms with Gasteiger partial charge in [-0.2, -0.15) is 0 Å². The Kier molecular flexibility index (Phi) is 2.87. The molecule has 3 nitrogen and oxygen atoms in total. The Morgan fingerprint density at radius 1 is 1.42 bits per heavy atom. The number of nitrogens with one attached hydrogen (secondary N) is 1. The van der Waals surface area contributed by atoms with Crippen LogP contribution in [0, 0.1) is 0 Å². The fourth-order valence-electron chi connectivity index (χ4n) is 0.891. The van der Waals surface area contributed by atoms with Crippen LogP contribution >= 0.6 is 0 Å². The molecule has 0 fully saturated rings. The summed E-state index contributed by atoms with van der Waals surface area (Å²) in [6.45, 7) is 6.21. The SMILES string of the molecule is CNC(C)c1ncc(C(C)C)o1. The zero-order valence-corrected chi connectivity index (χ0v) is 8.09. The molecule has 0 aliphatic heterocycles. The predicted molar refractivity (Wildman–Crippen MR) is 48.1 cm³/mol.